The Labute approximate surface area is 209 Å². The van der Waals surface area contributed by atoms with Crippen molar-refractivity contribution in [2.45, 2.75) is 76.5 Å². The third-order valence-electron chi connectivity index (χ3n) is 6.57. The number of carbonyl (C=O) groups is 1. The molecule has 0 radical (unpaired) electrons. The summed E-state index contributed by atoms with van der Waals surface area (Å²) in [7, 11) is -3.09. The van der Waals surface area contributed by atoms with Crippen LogP contribution in [0, 0.1) is 5.92 Å². The first kappa shape index (κ1) is 28.3. The molecule has 5 N–H and O–H groups in total. The Hall–Kier alpha value is -2.25. The van der Waals surface area contributed by atoms with Crippen molar-refractivity contribution in [1.82, 2.24) is 19.9 Å². The molecule has 0 spiro atoms. The van der Waals surface area contributed by atoms with Crippen LogP contribution in [0.4, 0.5) is 5.82 Å². The van der Waals surface area contributed by atoms with E-state index in [1.807, 2.05) is 27.7 Å². The summed E-state index contributed by atoms with van der Waals surface area (Å²) in [5, 5.41) is 24.7. The molecule has 1 amide bonds. The van der Waals surface area contributed by atoms with Crippen LogP contribution in [0.3, 0.4) is 0 Å². The van der Waals surface area contributed by atoms with E-state index in [2.05, 4.69) is 14.8 Å². The number of piperidine rings is 1. The van der Waals surface area contributed by atoms with Crippen molar-refractivity contribution in [1.29, 1.82) is 0 Å². The second-order valence-corrected chi connectivity index (χ2v) is 11.1. The maximum atomic E-state index is 12.8. The van der Waals surface area contributed by atoms with E-state index in [9.17, 15) is 29.4 Å². The Balaban J connectivity index is 1.63. The van der Waals surface area contributed by atoms with Gasteiger partial charge in [-0.2, -0.15) is 10.0 Å². The van der Waals surface area contributed by atoms with Gasteiger partial charge in [0.2, 0.25) is 5.91 Å². The third kappa shape index (κ3) is 6.54. The number of aromatic nitrogens is 2. The van der Waals surface area contributed by atoms with Crippen LogP contribution in [0.25, 0.3) is 6.08 Å². The molecule has 13 nitrogen and oxygen atoms in total. The molecule has 2 saturated heterocycles. The molecule has 36 heavy (non-hydrogen) atoms. The number of hydrogen-bond donors (Lipinski definition) is 4. The van der Waals surface area contributed by atoms with E-state index in [4.69, 9.17) is 10.5 Å². The van der Waals surface area contributed by atoms with Crippen molar-refractivity contribution in [2.75, 3.05) is 18.9 Å². The van der Waals surface area contributed by atoms with Gasteiger partial charge >= 0.3 is 13.9 Å². The summed E-state index contributed by atoms with van der Waals surface area (Å²) in [5.74, 6) is -0.395. The van der Waals surface area contributed by atoms with E-state index < -0.39 is 43.5 Å². The van der Waals surface area contributed by atoms with Crippen LogP contribution in [-0.2, 0) is 18.6 Å². The van der Waals surface area contributed by atoms with Crippen LogP contribution in [0.5, 0.6) is 0 Å². The average molecular weight is 528 g/mol. The van der Waals surface area contributed by atoms with Crippen LogP contribution in [0.2, 0.25) is 0 Å². The second kappa shape index (κ2) is 11.0. The molecule has 3 rings (SSSR count). The Morgan fingerprint density at radius 3 is 2.64 bits per heavy atom. The first-order valence-corrected chi connectivity index (χ1v) is 12.7. The highest BCUT2D eigenvalue weighted by atomic mass is 31.1. The lowest BCUT2D eigenvalue weighted by molar-refractivity contribution is -0.249. The predicted molar refractivity (Wildman–Crippen MR) is 128 cm³/mol. The molecule has 4 atom stereocenters. The van der Waals surface area contributed by atoms with Gasteiger partial charge in [0.1, 0.15) is 24.8 Å². The maximum absolute atomic E-state index is 12.8. The molecular formula is C22H34N5O8P. The lowest BCUT2D eigenvalue weighted by Gasteiger charge is -2.51. The smallest absolute Gasteiger partial charge is 0.488 e. The van der Waals surface area contributed by atoms with Crippen LogP contribution < -0.4 is 21.6 Å². The van der Waals surface area contributed by atoms with Crippen molar-refractivity contribution in [3.05, 3.63) is 28.3 Å². The van der Waals surface area contributed by atoms with Gasteiger partial charge in [-0.05, 0) is 45.1 Å². The van der Waals surface area contributed by atoms with E-state index in [0.717, 1.165) is 0 Å². The number of aliphatic hydroxyl groups excluding tert-OH is 1. The Morgan fingerprint density at radius 1 is 1.39 bits per heavy atom. The van der Waals surface area contributed by atoms with Crippen molar-refractivity contribution in [3.8, 4) is 0 Å². The predicted octanol–water partition coefficient (Wildman–Crippen LogP) is 0.296. The third-order valence-corrected chi connectivity index (χ3v) is 6.93. The molecule has 200 valence electrons. The molecule has 3 heterocycles. The van der Waals surface area contributed by atoms with Gasteiger partial charge in [0.05, 0.1) is 6.10 Å². The molecule has 1 unspecified atom stereocenters. The first-order valence-electron chi connectivity index (χ1n) is 11.6. The molecule has 2 aliphatic rings. The standard InChI is InChI=1S/C22H34N5O8P/c1-21(2)9-14(10-22(3,4)27(21)31)19(29)24-7-5-6-13-11-26(20(30)25-18(13)23)17-8-15(28)16(35-17)12-34-36(32)33/h5-6,11,14-17,28,31H,7-10,12H2,1-4H3,(H,24,29)(H2,23,25,30)/t15-,16+,17+/m0/s1. The first-order chi connectivity index (χ1) is 16.7. The quantitative estimate of drug-likeness (QED) is 0.340. The Kier molecular flexibility index (Phi) is 8.67. The number of nitrogens with zero attached hydrogens (tertiary/aromatic N) is 3. The average Bonchev–Trinajstić information content (AvgIpc) is 3.14. The lowest BCUT2D eigenvalue weighted by atomic mass is 9.75. The number of nitrogens with two attached hydrogens (primary N) is 1. The van der Waals surface area contributed by atoms with Crippen molar-refractivity contribution < 1.29 is 33.8 Å². The number of anilines is 1. The topological polar surface area (TPSA) is 192 Å². The van der Waals surface area contributed by atoms with Gasteiger partial charge in [-0.1, -0.05) is 12.2 Å². The summed E-state index contributed by atoms with van der Waals surface area (Å²) in [5.41, 5.74) is 4.52. The number of nitrogen functional groups attached to an aromatic ring is 1. The molecule has 14 heteroatoms. The largest absolute Gasteiger partial charge is 0.566 e. The molecule has 0 saturated carbocycles. The van der Waals surface area contributed by atoms with E-state index in [-0.39, 0.29) is 37.2 Å². The van der Waals surface area contributed by atoms with Gasteiger partial charge in [0, 0.05) is 41.7 Å². The van der Waals surface area contributed by atoms with E-state index in [1.165, 1.54) is 15.8 Å². The minimum absolute atomic E-state index is 0.0144. The van der Waals surface area contributed by atoms with Crippen molar-refractivity contribution >= 4 is 26.1 Å². The van der Waals surface area contributed by atoms with Crippen molar-refractivity contribution in [2.24, 2.45) is 5.92 Å². The maximum Gasteiger partial charge on any atom is 0.488 e. The number of ether oxygens (including phenoxy) is 1. The molecule has 0 aliphatic carbocycles. The number of amides is 1. The van der Waals surface area contributed by atoms with Gasteiger partial charge in [-0.15, -0.1) is 4.52 Å². The fourth-order valence-corrected chi connectivity index (χ4v) is 5.22. The molecular weight excluding hydrogens is 493 g/mol. The van der Waals surface area contributed by atoms with Gasteiger partial charge < -0.3 is 31.0 Å². The van der Waals surface area contributed by atoms with E-state index in [1.54, 1.807) is 12.2 Å². The second-order valence-electron chi connectivity index (χ2n) is 10.4. The summed E-state index contributed by atoms with van der Waals surface area (Å²) < 4.78 is 21.9. The molecule has 0 bridgehead atoms. The molecule has 1 aromatic heterocycles. The number of carbonyl (C=O) groups excluding carboxylic acids is 1. The lowest BCUT2D eigenvalue weighted by Crippen LogP contribution is -2.60. The molecule has 1 aromatic rings. The summed E-state index contributed by atoms with van der Waals surface area (Å²) >= 11 is 0. The number of hydroxylamine groups is 2. The molecule has 2 fully saturated rings. The monoisotopic (exact) mass is 527 g/mol. The van der Waals surface area contributed by atoms with Crippen LogP contribution in [-0.4, -0.2) is 67.3 Å². The minimum atomic E-state index is -3.09. The van der Waals surface area contributed by atoms with Crippen LogP contribution in [0.15, 0.2) is 17.1 Å². The summed E-state index contributed by atoms with van der Waals surface area (Å²) in [6.45, 7) is 7.42. The normalized spacial score (nSPS) is 26.9. The highest BCUT2D eigenvalue weighted by Crippen LogP contribution is 2.40. The van der Waals surface area contributed by atoms with Crippen molar-refractivity contribution in [3.63, 3.8) is 0 Å². The number of hydrogen-bond acceptors (Lipinski definition) is 11. The SMILES string of the molecule is CC1(C)CC(C(=O)NCC=Cc2cn([C@H]3C[C@H](O)[C@@H](CO[P+](=O)[O-])O3)c(=O)nc2N)CC(C)(C)N1O. The number of aliphatic hydroxyl groups is 1. The van der Waals surface area contributed by atoms with Gasteiger partial charge in [-0.25, -0.2) is 4.79 Å². The van der Waals surface area contributed by atoms with E-state index in [0.29, 0.717) is 18.4 Å². The molecule has 0 aromatic carbocycles. The fourth-order valence-electron chi connectivity index (χ4n) is 4.95. The zero-order valence-electron chi connectivity index (χ0n) is 20.8. The Bertz CT molecular complexity index is 1060. The molecule has 2 aliphatic heterocycles. The minimum Gasteiger partial charge on any atom is -0.566 e. The highest BCUT2D eigenvalue weighted by Gasteiger charge is 2.47. The number of rotatable bonds is 8. The van der Waals surface area contributed by atoms with Gasteiger partial charge in [-0.3, -0.25) is 9.36 Å². The zero-order chi connectivity index (χ0) is 26.8. The highest BCUT2D eigenvalue weighted by molar-refractivity contribution is 7.30. The zero-order valence-corrected chi connectivity index (χ0v) is 21.7. The van der Waals surface area contributed by atoms with Gasteiger partial charge in [0.15, 0.2) is 0 Å². The fraction of sp³-hybridized carbons (Fsp3) is 0.682. The summed E-state index contributed by atoms with van der Waals surface area (Å²) in [6.07, 6.45) is 2.93. The summed E-state index contributed by atoms with van der Waals surface area (Å²) in [4.78, 5) is 39.6. The van der Waals surface area contributed by atoms with E-state index >= 15 is 0 Å². The van der Waals surface area contributed by atoms with Crippen LogP contribution >= 0.6 is 8.25 Å². The summed E-state index contributed by atoms with van der Waals surface area (Å²) in [6, 6.07) is 0. The Morgan fingerprint density at radius 2 is 2.03 bits per heavy atom. The van der Waals surface area contributed by atoms with Gasteiger partial charge in [0.25, 0.3) is 0 Å². The van der Waals surface area contributed by atoms with Crippen LogP contribution in [0.1, 0.15) is 58.7 Å². The number of nitrogens with one attached hydrogen (secondary N) is 1.